The topological polar surface area (TPSA) is 138 Å². The van der Waals surface area contributed by atoms with E-state index in [1.165, 1.54) is 11.1 Å². The molecule has 3 rings (SSSR count). The molecule has 0 spiro atoms. The van der Waals surface area contributed by atoms with Gasteiger partial charge in [0.25, 0.3) is 5.91 Å². The van der Waals surface area contributed by atoms with Gasteiger partial charge in [-0.3, -0.25) is 9.59 Å². The maximum absolute atomic E-state index is 13.1. The molecule has 39 heavy (non-hydrogen) atoms. The highest BCUT2D eigenvalue weighted by atomic mass is 19.3. The van der Waals surface area contributed by atoms with Crippen LogP contribution in [0.25, 0.3) is 0 Å². The summed E-state index contributed by atoms with van der Waals surface area (Å²) in [6.07, 6.45) is 6.27. The average Bonchev–Trinajstić information content (AvgIpc) is 2.90. The number of aromatic nitrogens is 2. The van der Waals surface area contributed by atoms with Gasteiger partial charge in [-0.2, -0.15) is 22.5 Å². The number of alkyl halides is 4. The van der Waals surface area contributed by atoms with E-state index >= 15 is 0 Å². The van der Waals surface area contributed by atoms with Gasteiger partial charge in [0.2, 0.25) is 11.9 Å². The molecule has 0 bridgehead atoms. The van der Waals surface area contributed by atoms with E-state index in [2.05, 4.69) is 35.1 Å². The lowest BCUT2D eigenvalue weighted by atomic mass is 9.88. The van der Waals surface area contributed by atoms with Crippen LogP contribution in [0, 0.1) is 5.92 Å². The summed E-state index contributed by atoms with van der Waals surface area (Å²) in [6.45, 7) is -4.78. The Morgan fingerprint density at radius 1 is 1.13 bits per heavy atom. The predicted molar refractivity (Wildman–Crippen MR) is 132 cm³/mol. The van der Waals surface area contributed by atoms with Crippen molar-refractivity contribution in [2.75, 3.05) is 31.6 Å². The number of carbonyl (C=O) groups is 2. The van der Waals surface area contributed by atoms with Gasteiger partial charge >= 0.3 is 13.2 Å². The molecule has 11 nitrogen and oxygen atoms in total. The molecule has 3 N–H and O–H groups in total. The van der Waals surface area contributed by atoms with Crippen LogP contribution in [0.2, 0.25) is 0 Å². The summed E-state index contributed by atoms with van der Waals surface area (Å²) < 4.78 is 57.4. The number of nitrogens with one attached hydrogen (secondary N) is 2. The molecule has 1 aromatic heterocycles. The van der Waals surface area contributed by atoms with Gasteiger partial charge in [0.15, 0.2) is 5.82 Å². The lowest BCUT2D eigenvalue weighted by Crippen LogP contribution is -2.47. The Morgan fingerprint density at radius 2 is 1.79 bits per heavy atom. The van der Waals surface area contributed by atoms with Crippen molar-refractivity contribution in [1.82, 2.24) is 20.2 Å². The monoisotopic (exact) mass is 562 g/mol. The summed E-state index contributed by atoms with van der Waals surface area (Å²) >= 11 is 0. The second-order valence-corrected chi connectivity index (χ2v) is 9.62. The number of rotatable bonds is 12. The number of aliphatic hydroxyl groups is 1. The first-order chi connectivity index (χ1) is 18.6. The van der Waals surface area contributed by atoms with Crippen LogP contribution in [0.15, 0.2) is 11.2 Å². The highest BCUT2D eigenvalue weighted by Gasteiger charge is 2.26. The number of hydrogen-bond donors (Lipinski definition) is 3. The maximum atomic E-state index is 13.1. The summed E-state index contributed by atoms with van der Waals surface area (Å²) in [7, 11) is 0. The standard InChI is InChI=1S/C24H34F4N6O5/c1-14(12-38-22(25)26)31-24-30-11-18(20(33-24)29-10-15-2-4-17(35)5-3-15)21(37)32-16-6-8-34(9-7-16)19(36)13-39-23(27)28/h10-11,14-17,22-23,35H,2-9,12-13H2,1H3,(H,32,37)(H,30,31,33)/b29-10-/t14-,15?,17?/m0/s1. The fourth-order valence-electron chi connectivity index (χ4n) is 4.37. The van der Waals surface area contributed by atoms with Crippen LogP contribution < -0.4 is 10.6 Å². The number of anilines is 1. The van der Waals surface area contributed by atoms with Crippen molar-refractivity contribution in [2.45, 2.75) is 76.9 Å². The zero-order valence-electron chi connectivity index (χ0n) is 21.6. The van der Waals surface area contributed by atoms with Crippen molar-refractivity contribution in [2.24, 2.45) is 10.9 Å². The van der Waals surface area contributed by atoms with Gasteiger partial charge in [-0.1, -0.05) is 0 Å². The molecule has 218 valence electrons. The van der Waals surface area contributed by atoms with Crippen molar-refractivity contribution in [3.8, 4) is 0 Å². The summed E-state index contributed by atoms with van der Waals surface area (Å²) in [5.74, 6) is -0.745. The number of nitrogens with zero attached hydrogens (tertiary/aromatic N) is 4. The van der Waals surface area contributed by atoms with E-state index in [1.807, 2.05) is 0 Å². The van der Waals surface area contributed by atoms with Gasteiger partial charge < -0.3 is 30.1 Å². The molecule has 0 aromatic carbocycles. The van der Waals surface area contributed by atoms with Crippen molar-refractivity contribution < 1.29 is 41.7 Å². The molecule has 15 heteroatoms. The number of carbonyl (C=O) groups excluding carboxylic acids is 2. The van der Waals surface area contributed by atoms with Crippen LogP contribution in [-0.2, 0) is 14.3 Å². The third-order valence-electron chi connectivity index (χ3n) is 6.53. The second kappa shape index (κ2) is 15.0. The van der Waals surface area contributed by atoms with E-state index in [0.29, 0.717) is 25.7 Å². The molecule has 0 radical (unpaired) electrons. The van der Waals surface area contributed by atoms with E-state index in [9.17, 15) is 32.3 Å². The number of piperidine rings is 1. The van der Waals surface area contributed by atoms with Gasteiger partial charge in [0.1, 0.15) is 12.2 Å². The molecule has 1 saturated carbocycles. The van der Waals surface area contributed by atoms with Crippen LogP contribution in [-0.4, -0.2) is 95.7 Å². The zero-order valence-corrected chi connectivity index (χ0v) is 21.6. The minimum atomic E-state index is -3.02. The van der Waals surface area contributed by atoms with E-state index in [1.54, 1.807) is 13.1 Å². The zero-order chi connectivity index (χ0) is 28.4. The third kappa shape index (κ3) is 10.3. The van der Waals surface area contributed by atoms with Gasteiger partial charge in [-0.15, -0.1) is 0 Å². The summed E-state index contributed by atoms with van der Waals surface area (Å²) in [5, 5.41) is 15.5. The van der Waals surface area contributed by atoms with Crippen molar-refractivity contribution in [3.63, 3.8) is 0 Å². The van der Waals surface area contributed by atoms with Crippen molar-refractivity contribution in [3.05, 3.63) is 11.8 Å². The lowest BCUT2D eigenvalue weighted by Gasteiger charge is -2.32. The molecule has 2 aliphatic rings. The highest BCUT2D eigenvalue weighted by molar-refractivity contribution is 5.98. The van der Waals surface area contributed by atoms with Gasteiger partial charge in [-0.25, -0.2) is 9.98 Å². The molecule has 2 fully saturated rings. The molecular formula is C24H34F4N6O5. The molecule has 2 heterocycles. The number of halogens is 4. The highest BCUT2D eigenvalue weighted by Crippen LogP contribution is 2.25. The molecule has 0 unspecified atom stereocenters. The largest absolute Gasteiger partial charge is 0.393 e. The fraction of sp³-hybridized carbons (Fsp3) is 0.708. The SMILES string of the molecule is C[C@@H](COC(F)F)Nc1ncc(C(=O)NC2CCN(C(=O)COC(F)F)CC2)c(/N=C\C2CCC(O)CC2)n1. The predicted octanol–water partition coefficient (Wildman–Crippen LogP) is 2.73. The Labute approximate surface area is 223 Å². The Bertz CT molecular complexity index is 972. The first-order valence-electron chi connectivity index (χ1n) is 12.8. The summed E-state index contributed by atoms with van der Waals surface area (Å²) in [6, 6.07) is -0.826. The molecule has 1 saturated heterocycles. The van der Waals surface area contributed by atoms with Crippen LogP contribution in [0.5, 0.6) is 0 Å². The minimum Gasteiger partial charge on any atom is -0.393 e. The Hall–Kier alpha value is -2.91. The number of hydrogen-bond acceptors (Lipinski definition) is 9. The number of ether oxygens (including phenoxy) is 2. The number of aliphatic imine (C=N–C) groups is 1. The van der Waals surface area contributed by atoms with Crippen molar-refractivity contribution in [1.29, 1.82) is 0 Å². The normalized spacial score (nSPS) is 21.5. The van der Waals surface area contributed by atoms with E-state index in [-0.39, 0.29) is 55.1 Å². The molecule has 1 aliphatic carbocycles. The number of likely N-dealkylation sites (tertiary alicyclic amines) is 1. The van der Waals surface area contributed by atoms with Crippen LogP contribution >= 0.6 is 0 Å². The molecule has 1 atom stereocenters. The number of amides is 2. The van der Waals surface area contributed by atoms with Gasteiger partial charge in [0, 0.05) is 37.6 Å². The van der Waals surface area contributed by atoms with E-state index in [4.69, 9.17) is 0 Å². The first-order valence-corrected chi connectivity index (χ1v) is 12.8. The molecular weight excluding hydrogens is 528 g/mol. The van der Waals surface area contributed by atoms with Crippen LogP contribution in [0.3, 0.4) is 0 Å². The summed E-state index contributed by atoms with van der Waals surface area (Å²) in [4.78, 5) is 39.4. The van der Waals surface area contributed by atoms with E-state index in [0.717, 1.165) is 12.8 Å². The third-order valence-corrected chi connectivity index (χ3v) is 6.53. The maximum Gasteiger partial charge on any atom is 0.345 e. The quantitative estimate of drug-likeness (QED) is 0.261. The number of aliphatic hydroxyl groups excluding tert-OH is 1. The Kier molecular flexibility index (Phi) is 11.8. The van der Waals surface area contributed by atoms with E-state index < -0.39 is 37.7 Å². The van der Waals surface area contributed by atoms with Gasteiger partial charge in [0.05, 0.1) is 12.7 Å². The summed E-state index contributed by atoms with van der Waals surface area (Å²) in [5.41, 5.74) is 0.105. The first kappa shape index (κ1) is 30.6. The minimum absolute atomic E-state index is 0.0842. The molecule has 2 amide bonds. The smallest absolute Gasteiger partial charge is 0.345 e. The lowest BCUT2D eigenvalue weighted by molar-refractivity contribution is -0.160. The van der Waals surface area contributed by atoms with Gasteiger partial charge in [-0.05, 0) is 51.4 Å². The fourth-order valence-corrected chi connectivity index (χ4v) is 4.37. The van der Waals surface area contributed by atoms with Crippen LogP contribution in [0.4, 0.5) is 29.3 Å². The average molecular weight is 563 g/mol. The molecule has 1 aliphatic heterocycles. The Balaban J connectivity index is 1.65. The van der Waals surface area contributed by atoms with Crippen molar-refractivity contribution >= 4 is 29.8 Å². The Morgan fingerprint density at radius 3 is 2.44 bits per heavy atom. The molecule has 1 aromatic rings. The second-order valence-electron chi connectivity index (χ2n) is 9.62. The van der Waals surface area contributed by atoms with Crippen LogP contribution in [0.1, 0.15) is 55.8 Å².